The average Bonchev–Trinajstić information content (AvgIpc) is 3.24. The molecule has 0 radical (unpaired) electrons. The highest BCUT2D eigenvalue weighted by Crippen LogP contribution is 2.47. The second-order valence-corrected chi connectivity index (χ2v) is 7.75. The molecule has 0 aliphatic carbocycles. The maximum atomic E-state index is 9.83. The number of aromatic nitrogens is 3. The van der Waals surface area contributed by atoms with E-state index in [9.17, 15) is 5.26 Å². The lowest BCUT2D eigenvalue weighted by molar-refractivity contribution is 0.222. The van der Waals surface area contributed by atoms with Gasteiger partial charge in [-0.3, -0.25) is 9.58 Å². The molecule has 1 fully saturated rings. The van der Waals surface area contributed by atoms with Crippen molar-refractivity contribution in [2.24, 2.45) is 0 Å². The van der Waals surface area contributed by atoms with Crippen LogP contribution >= 0.6 is 0 Å². The van der Waals surface area contributed by atoms with Crippen molar-refractivity contribution < 1.29 is 0 Å². The number of hydrogen-bond donors (Lipinski definition) is 1. The molecule has 4 heterocycles. The third-order valence-electron chi connectivity index (χ3n) is 6.17. The van der Waals surface area contributed by atoms with Crippen LogP contribution in [0.1, 0.15) is 41.3 Å². The number of nitriles is 1. The van der Waals surface area contributed by atoms with Gasteiger partial charge in [0.15, 0.2) is 0 Å². The summed E-state index contributed by atoms with van der Waals surface area (Å²) in [5.74, 6) is 0.330. The summed E-state index contributed by atoms with van der Waals surface area (Å²) in [6.07, 6.45) is 7.01. The predicted molar refractivity (Wildman–Crippen MR) is 107 cm³/mol. The van der Waals surface area contributed by atoms with Crippen molar-refractivity contribution in [3.8, 4) is 17.2 Å². The van der Waals surface area contributed by atoms with Crippen LogP contribution in [0.5, 0.6) is 0 Å². The minimum absolute atomic E-state index is 0.293. The first-order chi connectivity index (χ1) is 13.7. The van der Waals surface area contributed by atoms with Gasteiger partial charge in [0, 0.05) is 47.1 Å². The molecule has 2 atom stereocenters. The summed E-state index contributed by atoms with van der Waals surface area (Å²) in [6, 6.07) is 13.3. The fourth-order valence-corrected chi connectivity index (χ4v) is 4.77. The van der Waals surface area contributed by atoms with Gasteiger partial charge in [-0.2, -0.15) is 10.4 Å². The van der Waals surface area contributed by atoms with Gasteiger partial charge < -0.3 is 5.73 Å². The number of nitrogens with zero attached hydrogens (tertiary/aromatic N) is 5. The van der Waals surface area contributed by atoms with E-state index in [0.717, 1.165) is 36.1 Å². The molecular weight excluding hydrogens is 348 g/mol. The van der Waals surface area contributed by atoms with Crippen molar-refractivity contribution in [2.45, 2.75) is 37.9 Å². The first-order valence-corrected chi connectivity index (χ1v) is 9.66. The van der Waals surface area contributed by atoms with Crippen LogP contribution in [0, 0.1) is 11.3 Å². The number of benzene rings is 1. The van der Waals surface area contributed by atoms with E-state index in [1.54, 1.807) is 0 Å². The van der Waals surface area contributed by atoms with Crippen LogP contribution in [-0.2, 0) is 13.0 Å². The standard InChI is InChI=1S/C22H22N6/c1-27-16-7-8-19(27)21-18(9-16)26-22(24)17(10-23)20(21)15-11-25-28(13-15)12-14-5-3-2-4-6-14/h2-6,11,13,16,19H,7-9,12H2,1H3,(H2,24,26)/t16-,19+/m0/s1. The van der Waals surface area contributed by atoms with E-state index in [4.69, 9.17) is 5.73 Å². The van der Waals surface area contributed by atoms with E-state index in [1.807, 2.05) is 35.3 Å². The lowest BCUT2D eigenvalue weighted by Crippen LogP contribution is -2.35. The van der Waals surface area contributed by atoms with Gasteiger partial charge in [0.1, 0.15) is 17.5 Å². The molecule has 0 saturated carbocycles. The molecule has 2 bridgehead atoms. The number of nitrogen functional groups attached to an aromatic ring is 1. The fourth-order valence-electron chi connectivity index (χ4n) is 4.77. The largest absolute Gasteiger partial charge is 0.383 e. The molecule has 2 aliphatic heterocycles. The summed E-state index contributed by atoms with van der Waals surface area (Å²) in [5.41, 5.74) is 11.9. The Morgan fingerprint density at radius 3 is 2.86 bits per heavy atom. The topological polar surface area (TPSA) is 83.8 Å². The first-order valence-electron chi connectivity index (χ1n) is 9.66. The molecule has 2 N–H and O–H groups in total. The van der Waals surface area contributed by atoms with Gasteiger partial charge in [-0.15, -0.1) is 0 Å². The average molecular weight is 370 g/mol. The molecule has 1 saturated heterocycles. The fraction of sp³-hybridized carbons (Fsp3) is 0.318. The maximum absolute atomic E-state index is 9.83. The Hall–Kier alpha value is -3.17. The number of likely N-dealkylation sites (N-methyl/N-ethyl adjacent to an activating group) is 1. The zero-order valence-electron chi connectivity index (χ0n) is 15.8. The molecule has 2 aromatic heterocycles. The van der Waals surface area contributed by atoms with Crippen LogP contribution in [0.25, 0.3) is 11.1 Å². The van der Waals surface area contributed by atoms with Crippen molar-refractivity contribution in [1.82, 2.24) is 19.7 Å². The van der Waals surface area contributed by atoms with Gasteiger partial charge in [0.2, 0.25) is 0 Å². The molecule has 2 aliphatic rings. The zero-order chi connectivity index (χ0) is 19.3. The Kier molecular flexibility index (Phi) is 3.92. The van der Waals surface area contributed by atoms with Crippen LogP contribution in [0.4, 0.5) is 5.82 Å². The Labute approximate surface area is 164 Å². The van der Waals surface area contributed by atoms with Crippen LogP contribution in [0.15, 0.2) is 42.7 Å². The lowest BCUT2D eigenvalue weighted by Gasteiger charge is -2.34. The molecule has 5 rings (SSSR count). The van der Waals surface area contributed by atoms with Crippen LogP contribution in [0.3, 0.4) is 0 Å². The highest BCUT2D eigenvalue weighted by molar-refractivity contribution is 5.79. The van der Waals surface area contributed by atoms with Crippen LogP contribution < -0.4 is 5.73 Å². The highest BCUT2D eigenvalue weighted by atomic mass is 15.3. The second-order valence-electron chi connectivity index (χ2n) is 7.75. The lowest BCUT2D eigenvalue weighted by atomic mass is 9.88. The van der Waals surface area contributed by atoms with Crippen molar-refractivity contribution >= 4 is 5.82 Å². The third kappa shape index (κ3) is 2.59. The van der Waals surface area contributed by atoms with Crippen LogP contribution in [-0.4, -0.2) is 32.8 Å². The molecule has 6 nitrogen and oxygen atoms in total. The minimum Gasteiger partial charge on any atom is -0.383 e. The van der Waals surface area contributed by atoms with Gasteiger partial charge >= 0.3 is 0 Å². The number of anilines is 1. The molecule has 3 aromatic rings. The predicted octanol–water partition coefficient (Wildman–Crippen LogP) is 3.14. The van der Waals surface area contributed by atoms with Crippen molar-refractivity contribution in [2.75, 3.05) is 12.8 Å². The van der Waals surface area contributed by atoms with Crippen molar-refractivity contribution in [3.63, 3.8) is 0 Å². The summed E-state index contributed by atoms with van der Waals surface area (Å²) >= 11 is 0. The van der Waals surface area contributed by atoms with Gasteiger partial charge in [0.05, 0.1) is 12.7 Å². The van der Waals surface area contributed by atoms with Gasteiger partial charge in [-0.1, -0.05) is 30.3 Å². The third-order valence-corrected chi connectivity index (χ3v) is 6.17. The molecule has 0 unspecified atom stereocenters. The molecule has 28 heavy (non-hydrogen) atoms. The monoisotopic (exact) mass is 370 g/mol. The number of fused-ring (bicyclic) bond motifs is 4. The summed E-state index contributed by atoms with van der Waals surface area (Å²) in [7, 11) is 2.18. The first kappa shape index (κ1) is 17.0. The summed E-state index contributed by atoms with van der Waals surface area (Å²) in [4.78, 5) is 7.05. The molecule has 6 heteroatoms. The van der Waals surface area contributed by atoms with Crippen LogP contribution in [0.2, 0.25) is 0 Å². The van der Waals surface area contributed by atoms with E-state index in [0.29, 0.717) is 30.0 Å². The van der Waals surface area contributed by atoms with Gasteiger partial charge in [-0.25, -0.2) is 4.98 Å². The highest BCUT2D eigenvalue weighted by Gasteiger charge is 2.41. The Bertz CT molecular complexity index is 1080. The number of pyridine rings is 1. The molecule has 0 spiro atoms. The summed E-state index contributed by atoms with van der Waals surface area (Å²) in [5, 5.41) is 14.4. The number of rotatable bonds is 3. The van der Waals surface area contributed by atoms with E-state index in [1.165, 1.54) is 11.1 Å². The maximum Gasteiger partial charge on any atom is 0.142 e. The van der Waals surface area contributed by atoms with E-state index in [-0.39, 0.29) is 0 Å². The van der Waals surface area contributed by atoms with Crippen molar-refractivity contribution in [3.05, 3.63) is 65.1 Å². The molecule has 0 amide bonds. The SMILES string of the molecule is CN1[C@H]2CC[C@@H]1c1c(nc(N)c(C#N)c1-c1cnn(Cc3ccccc3)c1)C2. The summed E-state index contributed by atoms with van der Waals surface area (Å²) < 4.78 is 1.92. The normalized spacial score (nSPS) is 20.7. The van der Waals surface area contributed by atoms with Crippen molar-refractivity contribution in [1.29, 1.82) is 5.26 Å². The van der Waals surface area contributed by atoms with E-state index >= 15 is 0 Å². The quantitative estimate of drug-likeness (QED) is 0.766. The smallest absolute Gasteiger partial charge is 0.142 e. The number of hydrogen-bond acceptors (Lipinski definition) is 5. The molecule has 1 aromatic carbocycles. The molecule has 140 valence electrons. The van der Waals surface area contributed by atoms with Gasteiger partial charge in [-0.05, 0) is 25.5 Å². The summed E-state index contributed by atoms with van der Waals surface area (Å²) in [6.45, 7) is 0.691. The van der Waals surface area contributed by atoms with E-state index < -0.39 is 0 Å². The molecular formula is C22H22N6. The minimum atomic E-state index is 0.293. The Morgan fingerprint density at radius 2 is 2.07 bits per heavy atom. The second kappa shape index (κ2) is 6.47. The number of nitrogens with two attached hydrogens (primary N) is 1. The Balaban J connectivity index is 1.63. The van der Waals surface area contributed by atoms with Gasteiger partial charge in [0.25, 0.3) is 0 Å². The van der Waals surface area contributed by atoms with E-state index in [2.05, 4.69) is 40.2 Å². The Morgan fingerprint density at radius 1 is 1.25 bits per heavy atom. The zero-order valence-corrected chi connectivity index (χ0v) is 15.8.